The van der Waals surface area contributed by atoms with E-state index in [4.69, 9.17) is 25.8 Å². The lowest BCUT2D eigenvalue weighted by Crippen LogP contribution is -2.19. The minimum atomic E-state index is -0.815. The highest BCUT2D eigenvalue weighted by atomic mass is 35.5. The fraction of sp³-hybridized carbons (Fsp3) is 0.333. The fourth-order valence-corrected chi connectivity index (χ4v) is 2.60. The number of Topliss-reactive ketones (excluding diaryl/α,β-unsaturated/α-hetero) is 1. The summed E-state index contributed by atoms with van der Waals surface area (Å²) in [6, 6.07) is 3.57. The summed E-state index contributed by atoms with van der Waals surface area (Å²) in [5.41, 5.74) is -0.142. The van der Waals surface area contributed by atoms with E-state index >= 15 is 0 Å². The molecule has 8 nitrogen and oxygen atoms in total. The van der Waals surface area contributed by atoms with Crippen molar-refractivity contribution >= 4 is 29.3 Å². The van der Waals surface area contributed by atoms with Crippen molar-refractivity contribution in [2.45, 2.75) is 20.1 Å². The van der Waals surface area contributed by atoms with E-state index < -0.39 is 30.1 Å². The van der Waals surface area contributed by atoms with Crippen molar-refractivity contribution in [2.75, 3.05) is 20.8 Å². The maximum Gasteiger partial charge on any atom is 0.359 e. The summed E-state index contributed by atoms with van der Waals surface area (Å²) < 4.78 is 29.4. The zero-order chi connectivity index (χ0) is 20.8. The topological polar surface area (TPSA) is 96.7 Å². The molecule has 0 aliphatic rings. The molecule has 0 amide bonds. The highest BCUT2D eigenvalue weighted by molar-refractivity contribution is 6.30. The van der Waals surface area contributed by atoms with E-state index in [1.165, 1.54) is 19.2 Å². The number of methoxy groups -OCH3 is 2. The van der Waals surface area contributed by atoms with Crippen LogP contribution in [0.25, 0.3) is 0 Å². The van der Waals surface area contributed by atoms with Crippen LogP contribution in [0.5, 0.6) is 0 Å². The molecule has 150 valence electrons. The van der Waals surface area contributed by atoms with Gasteiger partial charge in [0.25, 0.3) is 0 Å². The van der Waals surface area contributed by atoms with E-state index in [-0.39, 0.29) is 40.8 Å². The third kappa shape index (κ3) is 4.55. The van der Waals surface area contributed by atoms with Crippen LogP contribution in [0.3, 0.4) is 0 Å². The number of carbonyl (C=O) groups is 3. The van der Waals surface area contributed by atoms with Crippen molar-refractivity contribution in [3.05, 3.63) is 51.6 Å². The van der Waals surface area contributed by atoms with Crippen molar-refractivity contribution in [2.24, 2.45) is 0 Å². The van der Waals surface area contributed by atoms with Crippen LogP contribution < -0.4 is 0 Å². The van der Waals surface area contributed by atoms with Crippen molar-refractivity contribution in [3.8, 4) is 0 Å². The monoisotopic (exact) mass is 412 g/mol. The van der Waals surface area contributed by atoms with Gasteiger partial charge in [-0.25, -0.2) is 18.7 Å². The largest absolute Gasteiger partial charge is 0.464 e. The van der Waals surface area contributed by atoms with E-state index in [0.717, 1.165) is 17.9 Å². The van der Waals surface area contributed by atoms with E-state index in [0.29, 0.717) is 0 Å². The standard InChI is InChI=1S/C18H18ClFN2O6/c1-4-28-17(24)15-11(9-26-2)16(18(25)27-3)22(21-15)8-14(23)10-5-6-12(19)13(20)7-10/h5-7H,4,8-9H2,1-3H3. The molecule has 0 spiro atoms. The first-order valence-electron chi connectivity index (χ1n) is 8.16. The zero-order valence-corrected chi connectivity index (χ0v) is 16.2. The molecule has 1 aromatic carbocycles. The number of carbonyl (C=O) groups excluding carboxylic acids is 3. The smallest absolute Gasteiger partial charge is 0.359 e. The van der Waals surface area contributed by atoms with Crippen LogP contribution >= 0.6 is 11.6 Å². The molecule has 1 aromatic heterocycles. The summed E-state index contributed by atoms with van der Waals surface area (Å²) in [6.45, 7) is 1.13. The number of nitrogens with zero attached hydrogens (tertiary/aromatic N) is 2. The first-order chi connectivity index (χ1) is 13.3. The van der Waals surface area contributed by atoms with Gasteiger partial charge in [-0.1, -0.05) is 11.6 Å². The molecule has 0 unspecified atom stereocenters. The van der Waals surface area contributed by atoms with Gasteiger partial charge in [0.2, 0.25) is 0 Å². The van der Waals surface area contributed by atoms with Gasteiger partial charge in [0.15, 0.2) is 17.2 Å². The lowest BCUT2D eigenvalue weighted by molar-refractivity contribution is 0.0513. The van der Waals surface area contributed by atoms with Gasteiger partial charge in [-0.2, -0.15) is 5.10 Å². The number of hydrogen-bond donors (Lipinski definition) is 0. The van der Waals surface area contributed by atoms with Crippen molar-refractivity contribution in [3.63, 3.8) is 0 Å². The number of ketones is 1. The second-order valence-electron chi connectivity index (χ2n) is 5.53. The Morgan fingerprint density at radius 2 is 1.93 bits per heavy atom. The Hall–Kier alpha value is -2.78. The molecule has 2 rings (SSSR count). The highest BCUT2D eigenvalue weighted by Gasteiger charge is 2.29. The Morgan fingerprint density at radius 1 is 1.21 bits per heavy atom. The molecular formula is C18H18ClFN2O6. The minimum Gasteiger partial charge on any atom is -0.464 e. The molecule has 1 heterocycles. The van der Waals surface area contributed by atoms with Gasteiger partial charge in [-0.05, 0) is 25.1 Å². The molecule has 0 fully saturated rings. The molecule has 0 saturated heterocycles. The van der Waals surface area contributed by atoms with Crippen LogP contribution in [-0.4, -0.2) is 48.3 Å². The normalized spacial score (nSPS) is 10.6. The molecule has 0 saturated carbocycles. The number of hydrogen-bond acceptors (Lipinski definition) is 7. The SMILES string of the molecule is CCOC(=O)c1nn(CC(=O)c2ccc(Cl)c(F)c2)c(C(=O)OC)c1COC. The van der Waals surface area contributed by atoms with Gasteiger partial charge in [-0.3, -0.25) is 4.79 Å². The molecule has 0 N–H and O–H groups in total. The van der Waals surface area contributed by atoms with Gasteiger partial charge in [0.05, 0.1) is 25.3 Å². The minimum absolute atomic E-state index is 0.0270. The average molecular weight is 413 g/mol. The molecule has 10 heteroatoms. The average Bonchev–Trinajstić information content (AvgIpc) is 3.01. The van der Waals surface area contributed by atoms with E-state index in [2.05, 4.69) is 5.10 Å². The quantitative estimate of drug-likeness (QED) is 0.485. The third-order valence-corrected chi connectivity index (χ3v) is 4.03. The van der Waals surface area contributed by atoms with Crippen molar-refractivity contribution in [1.29, 1.82) is 0 Å². The van der Waals surface area contributed by atoms with Crippen LogP contribution in [-0.2, 0) is 27.4 Å². The number of aromatic nitrogens is 2. The lowest BCUT2D eigenvalue weighted by atomic mass is 10.1. The van der Waals surface area contributed by atoms with Crippen LogP contribution in [0.4, 0.5) is 4.39 Å². The molecule has 0 aliphatic heterocycles. The summed E-state index contributed by atoms with van der Waals surface area (Å²) in [4.78, 5) is 37.0. The first-order valence-corrected chi connectivity index (χ1v) is 8.54. The fourth-order valence-electron chi connectivity index (χ4n) is 2.48. The molecule has 0 aliphatic carbocycles. The molecule has 28 heavy (non-hydrogen) atoms. The number of esters is 2. The van der Waals surface area contributed by atoms with Crippen molar-refractivity contribution < 1.29 is 33.0 Å². The Bertz CT molecular complexity index is 912. The zero-order valence-electron chi connectivity index (χ0n) is 15.5. The number of benzene rings is 1. The lowest BCUT2D eigenvalue weighted by Gasteiger charge is -2.08. The second kappa shape index (κ2) is 9.43. The second-order valence-corrected chi connectivity index (χ2v) is 5.94. The summed E-state index contributed by atoms with van der Waals surface area (Å²) in [5, 5.41) is 3.92. The Labute approximate surface area is 165 Å². The molecule has 0 atom stereocenters. The molecule has 2 aromatic rings. The number of ether oxygens (including phenoxy) is 3. The van der Waals surface area contributed by atoms with Gasteiger partial charge in [-0.15, -0.1) is 0 Å². The highest BCUT2D eigenvalue weighted by Crippen LogP contribution is 2.20. The first kappa shape index (κ1) is 21.5. The summed E-state index contributed by atoms with van der Waals surface area (Å²) in [5.74, 6) is -2.90. The number of rotatable bonds is 8. The maximum absolute atomic E-state index is 13.6. The van der Waals surface area contributed by atoms with E-state index in [9.17, 15) is 18.8 Å². The van der Waals surface area contributed by atoms with Gasteiger partial charge >= 0.3 is 11.9 Å². The summed E-state index contributed by atoms with van der Waals surface area (Å²) in [6.07, 6.45) is 0. The Kier molecular flexibility index (Phi) is 7.24. The Morgan fingerprint density at radius 3 is 2.50 bits per heavy atom. The van der Waals surface area contributed by atoms with Crippen LogP contribution in [0.2, 0.25) is 5.02 Å². The predicted molar refractivity (Wildman–Crippen MR) is 96.0 cm³/mol. The van der Waals surface area contributed by atoms with Gasteiger partial charge in [0.1, 0.15) is 12.4 Å². The maximum atomic E-state index is 13.6. The summed E-state index contributed by atoms with van der Waals surface area (Å²) in [7, 11) is 2.52. The summed E-state index contributed by atoms with van der Waals surface area (Å²) >= 11 is 5.62. The van der Waals surface area contributed by atoms with Gasteiger partial charge < -0.3 is 14.2 Å². The molecular weight excluding hydrogens is 395 g/mol. The van der Waals surface area contributed by atoms with Crippen LogP contribution in [0, 0.1) is 5.82 Å². The number of halogens is 2. The molecule has 0 radical (unpaired) electrons. The third-order valence-electron chi connectivity index (χ3n) is 3.72. The van der Waals surface area contributed by atoms with Crippen LogP contribution in [0.1, 0.15) is 43.8 Å². The van der Waals surface area contributed by atoms with Crippen molar-refractivity contribution in [1.82, 2.24) is 9.78 Å². The van der Waals surface area contributed by atoms with Crippen LogP contribution in [0.15, 0.2) is 18.2 Å². The van der Waals surface area contributed by atoms with E-state index in [1.807, 2.05) is 0 Å². The van der Waals surface area contributed by atoms with Gasteiger partial charge in [0, 0.05) is 18.2 Å². The Balaban J connectivity index is 2.50. The van der Waals surface area contributed by atoms with E-state index in [1.54, 1.807) is 6.92 Å². The predicted octanol–water partition coefficient (Wildman–Crippen LogP) is 2.67. The molecule has 0 bridgehead atoms.